The van der Waals surface area contributed by atoms with Crippen molar-refractivity contribution in [2.75, 3.05) is 18.6 Å². The zero-order valence-electron chi connectivity index (χ0n) is 6.29. The third-order valence-corrected chi connectivity index (χ3v) is 4.24. The Hall–Kier alpha value is 0.130. The minimum Gasteiger partial charge on any atom is -0.363 e. The summed E-state index contributed by atoms with van der Waals surface area (Å²) in [5.74, 6) is 1.42. The maximum Gasteiger partial charge on any atom is 0.273 e. The highest BCUT2D eigenvalue weighted by molar-refractivity contribution is 8.19. The molecule has 0 bridgehead atoms. The van der Waals surface area contributed by atoms with Gasteiger partial charge in [-0.05, 0) is 17.9 Å². The number of carbonyl (C=O) groups excluding carboxylic acids is 1. The van der Waals surface area contributed by atoms with Gasteiger partial charge in [0.05, 0.1) is 0 Å². The van der Waals surface area contributed by atoms with Crippen molar-refractivity contribution in [2.24, 2.45) is 0 Å². The number of thioether (sulfide) groups is 2. The molecule has 0 saturated carbocycles. The normalized spacial score (nSPS) is 22.7. The topological polar surface area (TPSA) is 49.3 Å². The Morgan fingerprint density at radius 3 is 2.55 bits per heavy atom. The van der Waals surface area contributed by atoms with Crippen molar-refractivity contribution in [3.8, 4) is 0 Å². The van der Waals surface area contributed by atoms with E-state index in [0.29, 0.717) is 0 Å². The summed E-state index contributed by atoms with van der Waals surface area (Å²) in [7, 11) is 1.54. The summed E-state index contributed by atoms with van der Waals surface area (Å²) in [6.45, 7) is 0. The quantitative estimate of drug-likeness (QED) is 0.627. The van der Waals surface area contributed by atoms with Crippen LogP contribution in [0.25, 0.3) is 0 Å². The van der Waals surface area contributed by atoms with E-state index in [0.717, 1.165) is 17.9 Å². The minimum atomic E-state index is -1.23. The maximum atomic E-state index is 11.1. The third-order valence-electron chi connectivity index (χ3n) is 1.40. The predicted octanol–water partition coefficient (Wildman–Crippen LogP) is 0.249. The second-order valence-electron chi connectivity index (χ2n) is 2.21. The minimum absolute atomic E-state index is 0.299. The Bertz CT molecular complexity index is 157. The van der Waals surface area contributed by atoms with E-state index in [1.165, 1.54) is 30.6 Å². The number of nitrogens with one attached hydrogen (secondary N) is 1. The fraction of sp³-hybridized carbons (Fsp3) is 0.833. The van der Waals surface area contributed by atoms with Gasteiger partial charge < -0.3 is 10.4 Å². The van der Waals surface area contributed by atoms with Gasteiger partial charge in [0.25, 0.3) is 5.91 Å². The molecule has 0 unspecified atom stereocenters. The molecule has 1 aliphatic rings. The molecular weight excluding hydrogens is 182 g/mol. The van der Waals surface area contributed by atoms with Crippen LogP contribution in [0.3, 0.4) is 0 Å². The van der Waals surface area contributed by atoms with Crippen LogP contribution in [0.15, 0.2) is 0 Å². The van der Waals surface area contributed by atoms with E-state index in [4.69, 9.17) is 0 Å². The van der Waals surface area contributed by atoms with Crippen molar-refractivity contribution >= 4 is 29.4 Å². The van der Waals surface area contributed by atoms with E-state index in [9.17, 15) is 9.90 Å². The van der Waals surface area contributed by atoms with E-state index in [1.807, 2.05) is 0 Å². The summed E-state index contributed by atoms with van der Waals surface area (Å²) in [6.07, 6.45) is 1.06. The van der Waals surface area contributed by atoms with Crippen LogP contribution in [0.5, 0.6) is 0 Å². The lowest BCUT2D eigenvalue weighted by molar-refractivity contribution is -0.126. The number of carbonyl (C=O) groups is 1. The van der Waals surface area contributed by atoms with Crippen molar-refractivity contribution < 1.29 is 9.90 Å². The zero-order valence-corrected chi connectivity index (χ0v) is 7.93. The van der Waals surface area contributed by atoms with Gasteiger partial charge in [0.1, 0.15) is 0 Å². The Morgan fingerprint density at radius 1 is 1.55 bits per heavy atom. The first-order valence-electron chi connectivity index (χ1n) is 3.41. The van der Waals surface area contributed by atoms with E-state index >= 15 is 0 Å². The second kappa shape index (κ2) is 3.69. The molecule has 1 aliphatic heterocycles. The number of aliphatic hydroxyl groups is 1. The van der Waals surface area contributed by atoms with Gasteiger partial charge in [0, 0.05) is 7.05 Å². The standard InChI is InChI=1S/C6H11NO2S2/c1-7-5(8)6(9)10-3-2-4-11-6/h9H,2-4H2,1H3,(H,7,8). The van der Waals surface area contributed by atoms with Gasteiger partial charge in [-0.1, -0.05) is 0 Å². The first kappa shape index (κ1) is 9.22. The van der Waals surface area contributed by atoms with Gasteiger partial charge in [-0.15, -0.1) is 23.5 Å². The van der Waals surface area contributed by atoms with Crippen molar-refractivity contribution in [3.05, 3.63) is 0 Å². The Balaban J connectivity index is 2.56. The van der Waals surface area contributed by atoms with E-state index < -0.39 is 4.27 Å². The summed E-state index contributed by atoms with van der Waals surface area (Å²) < 4.78 is -1.23. The summed E-state index contributed by atoms with van der Waals surface area (Å²) in [5, 5.41) is 12.1. The van der Waals surface area contributed by atoms with Crippen molar-refractivity contribution in [2.45, 2.75) is 10.7 Å². The van der Waals surface area contributed by atoms with Crippen LogP contribution in [0.1, 0.15) is 6.42 Å². The molecule has 0 aromatic rings. The molecule has 1 heterocycles. The molecule has 0 aromatic heterocycles. The lowest BCUT2D eigenvalue weighted by atomic mass is 10.6. The van der Waals surface area contributed by atoms with Gasteiger partial charge >= 0.3 is 0 Å². The molecule has 0 radical (unpaired) electrons. The van der Waals surface area contributed by atoms with Gasteiger partial charge in [-0.25, -0.2) is 0 Å². The molecule has 1 rings (SSSR count). The SMILES string of the molecule is CNC(=O)C1(O)SCCCS1. The highest BCUT2D eigenvalue weighted by Gasteiger charge is 2.38. The largest absolute Gasteiger partial charge is 0.363 e. The summed E-state index contributed by atoms with van der Waals surface area (Å²) in [4.78, 5) is 11.1. The first-order valence-corrected chi connectivity index (χ1v) is 5.38. The van der Waals surface area contributed by atoms with Crippen LogP contribution in [0, 0.1) is 0 Å². The average molecular weight is 193 g/mol. The lowest BCUT2D eigenvalue weighted by Gasteiger charge is -2.28. The first-order chi connectivity index (χ1) is 5.19. The van der Waals surface area contributed by atoms with Gasteiger partial charge in [-0.3, -0.25) is 4.79 Å². The van der Waals surface area contributed by atoms with Crippen LogP contribution in [-0.4, -0.2) is 33.8 Å². The Labute approximate surface area is 74.3 Å². The van der Waals surface area contributed by atoms with Crippen LogP contribution < -0.4 is 5.32 Å². The highest BCUT2D eigenvalue weighted by Crippen LogP contribution is 2.39. The molecule has 1 fully saturated rings. The molecule has 0 aliphatic carbocycles. The lowest BCUT2D eigenvalue weighted by Crippen LogP contribution is -2.41. The van der Waals surface area contributed by atoms with Crippen LogP contribution in [0.4, 0.5) is 0 Å². The molecule has 0 atom stereocenters. The van der Waals surface area contributed by atoms with Crippen molar-refractivity contribution in [1.29, 1.82) is 0 Å². The van der Waals surface area contributed by atoms with Crippen molar-refractivity contribution in [3.63, 3.8) is 0 Å². The van der Waals surface area contributed by atoms with Gasteiger partial charge in [0.15, 0.2) is 0 Å². The van der Waals surface area contributed by atoms with E-state index in [-0.39, 0.29) is 5.91 Å². The van der Waals surface area contributed by atoms with Crippen LogP contribution >= 0.6 is 23.5 Å². The number of likely N-dealkylation sites (N-methyl/N-ethyl adjacent to an activating group) is 1. The molecule has 3 nitrogen and oxygen atoms in total. The van der Waals surface area contributed by atoms with Crippen LogP contribution in [0.2, 0.25) is 0 Å². The number of rotatable bonds is 1. The fourth-order valence-electron chi connectivity index (χ4n) is 0.811. The molecule has 0 aromatic carbocycles. The maximum absolute atomic E-state index is 11.1. The molecule has 5 heteroatoms. The third kappa shape index (κ3) is 2.04. The van der Waals surface area contributed by atoms with Crippen molar-refractivity contribution in [1.82, 2.24) is 5.32 Å². The monoisotopic (exact) mass is 193 g/mol. The summed E-state index contributed by atoms with van der Waals surface area (Å²) in [6, 6.07) is 0. The molecule has 11 heavy (non-hydrogen) atoms. The average Bonchev–Trinajstić information content (AvgIpc) is 2.04. The smallest absolute Gasteiger partial charge is 0.273 e. The second-order valence-corrected chi connectivity index (χ2v) is 5.05. The fourth-order valence-corrected chi connectivity index (χ4v) is 3.42. The zero-order chi connectivity index (χ0) is 8.32. The molecule has 1 saturated heterocycles. The molecule has 2 N–H and O–H groups in total. The predicted molar refractivity (Wildman–Crippen MR) is 48.5 cm³/mol. The number of amides is 1. The molecule has 64 valence electrons. The molecular formula is C6H11NO2S2. The van der Waals surface area contributed by atoms with E-state index in [1.54, 1.807) is 0 Å². The Morgan fingerprint density at radius 2 is 2.09 bits per heavy atom. The number of hydrogen-bond acceptors (Lipinski definition) is 4. The van der Waals surface area contributed by atoms with Crippen LogP contribution in [-0.2, 0) is 4.79 Å². The van der Waals surface area contributed by atoms with E-state index in [2.05, 4.69) is 5.32 Å². The summed E-state index contributed by atoms with van der Waals surface area (Å²) in [5.41, 5.74) is 0. The Kier molecular flexibility index (Phi) is 3.09. The highest BCUT2D eigenvalue weighted by atomic mass is 32.2. The molecule has 1 amide bonds. The van der Waals surface area contributed by atoms with Gasteiger partial charge in [-0.2, -0.15) is 0 Å². The number of hydrogen-bond donors (Lipinski definition) is 2. The van der Waals surface area contributed by atoms with Gasteiger partial charge in [0.2, 0.25) is 4.27 Å². The summed E-state index contributed by atoms with van der Waals surface area (Å²) >= 11 is 2.61. The molecule has 0 spiro atoms.